The lowest BCUT2D eigenvalue weighted by atomic mass is 10.2. The topological polar surface area (TPSA) is 126 Å². The second-order valence-corrected chi connectivity index (χ2v) is 6.52. The molecule has 1 aliphatic rings. The van der Waals surface area contributed by atoms with Gasteiger partial charge in [-0.2, -0.15) is 5.10 Å². The van der Waals surface area contributed by atoms with Gasteiger partial charge in [-0.3, -0.25) is 19.7 Å². The Hall–Kier alpha value is -2.78. The molecule has 3 amide bonds. The zero-order chi connectivity index (χ0) is 18.1. The number of hydrogen-bond donors (Lipinski definition) is 3. The second-order valence-electron chi connectivity index (χ2n) is 6.52. The highest BCUT2D eigenvalue weighted by Crippen LogP contribution is 2.28. The number of nitrogens with one attached hydrogen (secondary N) is 2. The molecule has 0 bridgehead atoms. The van der Waals surface area contributed by atoms with Crippen LogP contribution in [0.1, 0.15) is 27.2 Å². The van der Waals surface area contributed by atoms with Crippen molar-refractivity contribution in [1.29, 1.82) is 0 Å². The molecule has 1 fully saturated rings. The summed E-state index contributed by atoms with van der Waals surface area (Å²) in [4.78, 5) is 36.1. The van der Waals surface area contributed by atoms with E-state index in [9.17, 15) is 14.4 Å². The lowest BCUT2D eigenvalue weighted by Gasteiger charge is -2.20. The van der Waals surface area contributed by atoms with Crippen LogP contribution in [0.3, 0.4) is 0 Å². The smallest absolute Gasteiger partial charge is 0.412 e. The molecule has 0 saturated carbocycles. The molecule has 0 aromatic carbocycles. The Labute approximate surface area is 138 Å². The van der Waals surface area contributed by atoms with Gasteiger partial charge in [-0.15, -0.1) is 0 Å². The Morgan fingerprint density at radius 1 is 1.42 bits per heavy atom. The number of aromatic nitrogens is 2. The molecule has 1 aromatic heterocycles. The number of hydrogen-bond acceptors (Lipinski definition) is 5. The minimum Gasteiger partial charge on any atom is -0.465 e. The minimum absolute atomic E-state index is 0.0365. The molecule has 0 spiro atoms. The average Bonchev–Trinajstić information content (AvgIpc) is 2.89. The van der Waals surface area contributed by atoms with Crippen molar-refractivity contribution >= 4 is 29.6 Å². The first-order chi connectivity index (χ1) is 11.0. The van der Waals surface area contributed by atoms with E-state index < -0.39 is 23.8 Å². The molecule has 24 heavy (non-hydrogen) atoms. The van der Waals surface area contributed by atoms with E-state index in [-0.39, 0.29) is 24.7 Å². The predicted octanol–water partition coefficient (Wildman–Crippen LogP) is 1.14. The summed E-state index contributed by atoms with van der Waals surface area (Å²) in [5.74, 6) is -0.0252. The SMILES string of the molecule is Cn1cc(NC(=O)OC(C)(C)C)c(N2C[C@@H](NC(=O)O)CC2=O)n1. The van der Waals surface area contributed by atoms with Gasteiger partial charge in [0.15, 0.2) is 5.82 Å². The maximum absolute atomic E-state index is 12.1. The van der Waals surface area contributed by atoms with E-state index in [4.69, 9.17) is 9.84 Å². The zero-order valence-electron chi connectivity index (χ0n) is 14.0. The highest BCUT2D eigenvalue weighted by molar-refractivity contribution is 6.00. The van der Waals surface area contributed by atoms with Crippen LogP contribution in [0.25, 0.3) is 0 Å². The van der Waals surface area contributed by atoms with Gasteiger partial charge < -0.3 is 15.2 Å². The normalized spacial score (nSPS) is 17.8. The van der Waals surface area contributed by atoms with E-state index in [1.807, 2.05) is 0 Å². The van der Waals surface area contributed by atoms with Crippen LogP contribution in [-0.4, -0.2) is 51.2 Å². The summed E-state index contributed by atoms with van der Waals surface area (Å²) in [6, 6.07) is -0.522. The van der Waals surface area contributed by atoms with Crippen LogP contribution in [0.5, 0.6) is 0 Å². The number of carboxylic acid groups (broad SMARTS) is 1. The van der Waals surface area contributed by atoms with Crippen LogP contribution in [0, 0.1) is 0 Å². The fraction of sp³-hybridized carbons (Fsp3) is 0.571. The molecule has 10 heteroatoms. The summed E-state index contributed by atoms with van der Waals surface area (Å²) in [7, 11) is 1.65. The van der Waals surface area contributed by atoms with E-state index in [0.29, 0.717) is 5.69 Å². The molecule has 10 nitrogen and oxygen atoms in total. The molecular weight excluding hydrogens is 318 g/mol. The molecular formula is C14H21N5O5. The van der Waals surface area contributed by atoms with Crippen LogP contribution >= 0.6 is 0 Å². The van der Waals surface area contributed by atoms with Crippen LogP contribution in [0.15, 0.2) is 6.20 Å². The standard InChI is InChI=1S/C14H21N5O5/c1-14(2,3)24-13(23)16-9-7-18(4)17-11(9)19-6-8(5-10(19)20)15-12(21)22/h7-8,15H,5-6H2,1-4H3,(H,16,23)(H,21,22)/t8-/m0/s1. The number of carbonyl (C=O) groups excluding carboxylic acids is 2. The van der Waals surface area contributed by atoms with Crippen molar-refractivity contribution in [2.75, 3.05) is 16.8 Å². The van der Waals surface area contributed by atoms with E-state index in [2.05, 4.69) is 15.7 Å². The Bertz CT molecular complexity index is 663. The molecule has 0 unspecified atom stereocenters. The largest absolute Gasteiger partial charge is 0.465 e. The van der Waals surface area contributed by atoms with E-state index in [1.165, 1.54) is 9.58 Å². The van der Waals surface area contributed by atoms with Gasteiger partial charge in [0.25, 0.3) is 0 Å². The van der Waals surface area contributed by atoms with E-state index in [1.54, 1.807) is 34.0 Å². The fourth-order valence-corrected chi connectivity index (χ4v) is 2.36. The molecule has 0 radical (unpaired) electrons. The number of nitrogens with zero attached hydrogens (tertiary/aromatic N) is 3. The van der Waals surface area contributed by atoms with Gasteiger partial charge in [0.05, 0.1) is 12.2 Å². The molecule has 1 saturated heterocycles. The van der Waals surface area contributed by atoms with Crippen LogP contribution in [0.4, 0.5) is 21.1 Å². The van der Waals surface area contributed by atoms with E-state index in [0.717, 1.165) is 0 Å². The Morgan fingerprint density at radius 3 is 2.67 bits per heavy atom. The van der Waals surface area contributed by atoms with Crippen molar-refractivity contribution < 1.29 is 24.2 Å². The first-order valence-electron chi connectivity index (χ1n) is 7.38. The molecule has 1 aliphatic heterocycles. The average molecular weight is 339 g/mol. The minimum atomic E-state index is -1.19. The third-order valence-corrected chi connectivity index (χ3v) is 3.15. The van der Waals surface area contributed by atoms with Gasteiger partial charge in [0.1, 0.15) is 11.3 Å². The van der Waals surface area contributed by atoms with E-state index >= 15 is 0 Å². The van der Waals surface area contributed by atoms with Crippen molar-refractivity contribution in [2.45, 2.75) is 38.8 Å². The quantitative estimate of drug-likeness (QED) is 0.758. The highest BCUT2D eigenvalue weighted by atomic mass is 16.6. The Kier molecular flexibility index (Phi) is 4.67. The number of aryl methyl sites for hydroxylation is 1. The van der Waals surface area contributed by atoms with Crippen molar-refractivity contribution in [2.24, 2.45) is 7.05 Å². The number of rotatable bonds is 3. The first-order valence-corrected chi connectivity index (χ1v) is 7.38. The first kappa shape index (κ1) is 17.6. The molecule has 1 atom stereocenters. The van der Waals surface area contributed by atoms with Crippen molar-refractivity contribution in [3.8, 4) is 0 Å². The van der Waals surface area contributed by atoms with Gasteiger partial charge in [-0.05, 0) is 20.8 Å². The fourth-order valence-electron chi connectivity index (χ4n) is 2.36. The maximum atomic E-state index is 12.1. The van der Waals surface area contributed by atoms with Crippen molar-refractivity contribution in [3.05, 3.63) is 6.20 Å². The zero-order valence-corrected chi connectivity index (χ0v) is 14.0. The van der Waals surface area contributed by atoms with Crippen molar-refractivity contribution in [1.82, 2.24) is 15.1 Å². The van der Waals surface area contributed by atoms with Crippen LogP contribution in [0.2, 0.25) is 0 Å². The second kappa shape index (κ2) is 6.38. The van der Waals surface area contributed by atoms with Crippen LogP contribution in [-0.2, 0) is 16.6 Å². The lowest BCUT2D eigenvalue weighted by Crippen LogP contribution is -2.36. The summed E-state index contributed by atoms with van der Waals surface area (Å²) in [6.07, 6.45) is -0.273. The highest BCUT2D eigenvalue weighted by Gasteiger charge is 2.34. The van der Waals surface area contributed by atoms with Gasteiger partial charge in [0, 0.05) is 20.0 Å². The predicted molar refractivity (Wildman–Crippen MR) is 85.0 cm³/mol. The molecule has 2 heterocycles. The van der Waals surface area contributed by atoms with Gasteiger partial charge in [0.2, 0.25) is 5.91 Å². The third-order valence-electron chi connectivity index (χ3n) is 3.15. The molecule has 0 aliphatic carbocycles. The lowest BCUT2D eigenvalue weighted by molar-refractivity contribution is -0.117. The molecule has 2 rings (SSSR count). The molecule has 132 valence electrons. The third kappa shape index (κ3) is 4.37. The van der Waals surface area contributed by atoms with Gasteiger partial charge in [-0.1, -0.05) is 0 Å². The summed E-state index contributed by atoms with van der Waals surface area (Å²) in [5, 5.41) is 17.8. The summed E-state index contributed by atoms with van der Waals surface area (Å²) in [6.45, 7) is 5.36. The summed E-state index contributed by atoms with van der Waals surface area (Å²) < 4.78 is 6.64. The maximum Gasteiger partial charge on any atom is 0.412 e. The number of anilines is 2. The summed E-state index contributed by atoms with van der Waals surface area (Å²) >= 11 is 0. The number of ether oxygens (including phenoxy) is 1. The number of amides is 3. The molecule has 3 N–H and O–H groups in total. The van der Waals surface area contributed by atoms with Crippen LogP contribution < -0.4 is 15.5 Å². The Morgan fingerprint density at radius 2 is 2.08 bits per heavy atom. The van der Waals surface area contributed by atoms with Gasteiger partial charge >= 0.3 is 12.2 Å². The monoisotopic (exact) mass is 339 g/mol. The van der Waals surface area contributed by atoms with Crippen molar-refractivity contribution in [3.63, 3.8) is 0 Å². The molecule has 1 aromatic rings. The Balaban J connectivity index is 2.15. The van der Waals surface area contributed by atoms with Gasteiger partial charge in [-0.25, -0.2) is 9.59 Å². The number of carbonyl (C=O) groups is 3. The summed E-state index contributed by atoms with van der Waals surface area (Å²) in [5.41, 5.74) is -0.344.